The number of pyridine rings is 1. The van der Waals surface area contributed by atoms with Crippen molar-refractivity contribution >= 4 is 17.6 Å². The molecule has 0 saturated carbocycles. The topological polar surface area (TPSA) is 124 Å². The minimum Gasteiger partial charge on any atom is -0.481 e. The maximum Gasteiger partial charge on any atom is 0.223 e. The molecule has 2 rings (SSSR count). The summed E-state index contributed by atoms with van der Waals surface area (Å²) in [7, 11) is 1.57. The molecule has 100 valence electrons. The van der Waals surface area contributed by atoms with Crippen LogP contribution in [0.15, 0.2) is 24.4 Å². The Hall–Kier alpha value is -2.61. The fourth-order valence-electron chi connectivity index (χ4n) is 1.46. The summed E-state index contributed by atoms with van der Waals surface area (Å²) in [6.07, 6.45) is 1.72. The predicted octanol–water partition coefficient (Wildman–Crippen LogP) is 0.360. The van der Waals surface area contributed by atoms with Crippen LogP contribution in [-0.2, 0) is 6.54 Å². The molecule has 8 nitrogen and oxygen atoms in total. The van der Waals surface area contributed by atoms with Crippen LogP contribution in [0.5, 0.6) is 5.88 Å². The molecule has 0 fully saturated rings. The van der Waals surface area contributed by atoms with E-state index in [1.807, 2.05) is 6.07 Å². The Kier molecular flexibility index (Phi) is 3.94. The van der Waals surface area contributed by atoms with Crippen molar-refractivity contribution in [2.45, 2.75) is 6.54 Å². The third-order valence-electron chi connectivity index (χ3n) is 2.37. The second-order valence-corrected chi connectivity index (χ2v) is 3.70. The Bertz CT molecular complexity index is 543. The second-order valence-electron chi connectivity index (χ2n) is 3.70. The molecule has 0 unspecified atom stereocenters. The fourth-order valence-corrected chi connectivity index (χ4v) is 1.46. The summed E-state index contributed by atoms with van der Waals surface area (Å²) in [6, 6.07) is 5.36. The molecule has 0 bridgehead atoms. The smallest absolute Gasteiger partial charge is 0.223 e. The van der Waals surface area contributed by atoms with Gasteiger partial charge >= 0.3 is 0 Å². The highest BCUT2D eigenvalue weighted by Crippen LogP contribution is 2.13. The molecule has 0 atom stereocenters. The Morgan fingerprint density at radius 1 is 1.26 bits per heavy atom. The van der Waals surface area contributed by atoms with Crippen LogP contribution in [0.4, 0.5) is 17.6 Å². The van der Waals surface area contributed by atoms with Gasteiger partial charge in [0.15, 0.2) is 0 Å². The molecule has 0 aliphatic rings. The number of nitrogen functional groups attached to an aromatic ring is 2. The summed E-state index contributed by atoms with van der Waals surface area (Å²) >= 11 is 0. The molecular formula is C11H15N7O. The number of ether oxygens (including phenoxy) is 1. The molecule has 0 aliphatic heterocycles. The Morgan fingerprint density at radius 3 is 2.68 bits per heavy atom. The van der Waals surface area contributed by atoms with Crippen molar-refractivity contribution in [1.82, 2.24) is 15.0 Å². The zero-order valence-electron chi connectivity index (χ0n) is 10.4. The third-order valence-corrected chi connectivity index (χ3v) is 2.37. The maximum absolute atomic E-state index is 5.56. The first-order valence-electron chi connectivity index (χ1n) is 5.55. The van der Waals surface area contributed by atoms with Crippen molar-refractivity contribution in [2.24, 2.45) is 5.84 Å². The van der Waals surface area contributed by atoms with E-state index in [4.69, 9.17) is 16.3 Å². The van der Waals surface area contributed by atoms with Gasteiger partial charge in [-0.25, -0.2) is 10.8 Å². The fraction of sp³-hybridized carbons (Fsp3) is 0.182. The number of nitrogens with zero attached hydrogens (tertiary/aromatic N) is 3. The molecule has 0 amide bonds. The van der Waals surface area contributed by atoms with E-state index < -0.39 is 0 Å². The first-order chi connectivity index (χ1) is 9.21. The molecule has 19 heavy (non-hydrogen) atoms. The monoisotopic (exact) mass is 261 g/mol. The molecule has 8 heteroatoms. The van der Waals surface area contributed by atoms with Crippen LogP contribution in [0.25, 0.3) is 0 Å². The van der Waals surface area contributed by atoms with Crippen LogP contribution in [0.2, 0.25) is 0 Å². The van der Waals surface area contributed by atoms with E-state index in [1.54, 1.807) is 25.4 Å². The lowest BCUT2D eigenvalue weighted by molar-refractivity contribution is 0.397. The van der Waals surface area contributed by atoms with E-state index in [-0.39, 0.29) is 5.95 Å². The predicted molar refractivity (Wildman–Crippen MR) is 72.4 cm³/mol. The average Bonchev–Trinajstić information content (AvgIpc) is 2.45. The van der Waals surface area contributed by atoms with Crippen LogP contribution in [0, 0.1) is 0 Å². The summed E-state index contributed by atoms with van der Waals surface area (Å²) in [6.45, 7) is 0.553. The molecule has 0 saturated heterocycles. The first-order valence-corrected chi connectivity index (χ1v) is 5.55. The van der Waals surface area contributed by atoms with Crippen LogP contribution >= 0.6 is 0 Å². The van der Waals surface area contributed by atoms with Gasteiger partial charge in [-0.2, -0.15) is 9.97 Å². The van der Waals surface area contributed by atoms with Crippen LogP contribution in [-0.4, -0.2) is 22.1 Å². The van der Waals surface area contributed by atoms with Gasteiger partial charge in [0.1, 0.15) is 11.6 Å². The van der Waals surface area contributed by atoms with Crippen molar-refractivity contribution in [3.63, 3.8) is 0 Å². The van der Waals surface area contributed by atoms with Crippen molar-refractivity contribution in [2.75, 3.05) is 23.6 Å². The molecule has 2 aromatic rings. The zero-order chi connectivity index (χ0) is 13.7. The van der Waals surface area contributed by atoms with Crippen molar-refractivity contribution in [3.8, 4) is 5.88 Å². The lowest BCUT2D eigenvalue weighted by Gasteiger charge is -2.08. The summed E-state index contributed by atoms with van der Waals surface area (Å²) in [5.74, 6) is 7.02. The highest BCUT2D eigenvalue weighted by atomic mass is 16.5. The normalized spacial score (nSPS) is 10.0. The summed E-state index contributed by atoms with van der Waals surface area (Å²) in [4.78, 5) is 12.0. The summed E-state index contributed by atoms with van der Waals surface area (Å²) in [5, 5.41) is 3.11. The number of rotatable bonds is 5. The van der Waals surface area contributed by atoms with Gasteiger partial charge in [0, 0.05) is 24.9 Å². The van der Waals surface area contributed by atoms with Gasteiger partial charge in [0.05, 0.1) is 7.11 Å². The lowest BCUT2D eigenvalue weighted by atomic mass is 10.3. The van der Waals surface area contributed by atoms with Gasteiger partial charge in [-0.15, -0.1) is 0 Å². The van der Waals surface area contributed by atoms with Gasteiger partial charge in [-0.05, 0) is 5.56 Å². The Morgan fingerprint density at radius 2 is 2.05 bits per heavy atom. The number of aromatic nitrogens is 3. The number of nitrogens with one attached hydrogen (secondary N) is 2. The van der Waals surface area contributed by atoms with Gasteiger partial charge in [-0.3, -0.25) is 0 Å². The Balaban J connectivity index is 2.03. The quantitative estimate of drug-likeness (QED) is 0.449. The molecule has 0 aromatic carbocycles. The summed E-state index contributed by atoms with van der Waals surface area (Å²) < 4.78 is 4.99. The number of methoxy groups -OCH3 is 1. The van der Waals surface area contributed by atoms with Crippen molar-refractivity contribution in [1.29, 1.82) is 0 Å². The minimum absolute atomic E-state index is 0.144. The molecule has 0 spiro atoms. The maximum atomic E-state index is 5.56. The first kappa shape index (κ1) is 12.8. The number of nitrogens with two attached hydrogens (primary N) is 2. The van der Waals surface area contributed by atoms with Crippen LogP contribution in [0.1, 0.15) is 5.56 Å². The highest BCUT2D eigenvalue weighted by Gasteiger charge is 2.02. The van der Waals surface area contributed by atoms with E-state index in [2.05, 4.69) is 25.7 Å². The molecule has 2 aromatic heterocycles. The van der Waals surface area contributed by atoms with Gasteiger partial charge in [0.2, 0.25) is 11.8 Å². The molecule has 2 heterocycles. The van der Waals surface area contributed by atoms with E-state index in [1.165, 1.54) is 0 Å². The minimum atomic E-state index is 0.144. The molecule has 0 radical (unpaired) electrons. The second kappa shape index (κ2) is 5.83. The zero-order valence-corrected chi connectivity index (χ0v) is 10.4. The molecule has 0 aliphatic carbocycles. The number of anilines is 3. The molecular weight excluding hydrogens is 246 g/mol. The van der Waals surface area contributed by atoms with E-state index >= 15 is 0 Å². The van der Waals surface area contributed by atoms with Gasteiger partial charge in [-0.1, -0.05) is 6.07 Å². The van der Waals surface area contributed by atoms with E-state index in [0.29, 0.717) is 24.1 Å². The van der Waals surface area contributed by atoms with Crippen molar-refractivity contribution < 1.29 is 4.74 Å². The van der Waals surface area contributed by atoms with Crippen LogP contribution < -0.4 is 27.1 Å². The number of hydrazine groups is 1. The Labute approximate surface area is 110 Å². The highest BCUT2D eigenvalue weighted by molar-refractivity contribution is 5.50. The number of hydrogen-bond acceptors (Lipinski definition) is 8. The lowest BCUT2D eigenvalue weighted by Crippen LogP contribution is -2.12. The SMILES string of the molecule is COc1ccc(CNc2cc(NN)nc(N)n2)cn1. The molecule has 6 N–H and O–H groups in total. The van der Waals surface area contributed by atoms with Crippen molar-refractivity contribution in [3.05, 3.63) is 30.0 Å². The van der Waals surface area contributed by atoms with Gasteiger partial charge < -0.3 is 21.2 Å². The third kappa shape index (κ3) is 3.42. The van der Waals surface area contributed by atoms with E-state index in [9.17, 15) is 0 Å². The standard InChI is InChI=1S/C11H15N7O/c1-19-10-3-2-7(6-15-10)5-14-8-4-9(18-13)17-11(12)16-8/h2-4,6H,5,13H2,1H3,(H4,12,14,16,17,18). The number of hydrogen-bond donors (Lipinski definition) is 4. The largest absolute Gasteiger partial charge is 0.481 e. The van der Waals surface area contributed by atoms with Gasteiger partial charge in [0.25, 0.3) is 0 Å². The van der Waals surface area contributed by atoms with Crippen LogP contribution in [0.3, 0.4) is 0 Å². The average molecular weight is 261 g/mol. The van der Waals surface area contributed by atoms with E-state index in [0.717, 1.165) is 5.56 Å². The summed E-state index contributed by atoms with van der Waals surface area (Å²) in [5.41, 5.74) is 8.96.